The average Bonchev–Trinajstić information content (AvgIpc) is 3.20. The van der Waals surface area contributed by atoms with E-state index in [1.807, 2.05) is 29.2 Å². The molecule has 4 heterocycles. The number of H-pyrrole nitrogens is 1. The van der Waals surface area contributed by atoms with Gasteiger partial charge in [-0.15, -0.1) is 0 Å². The number of nitrogens with zero attached hydrogens (tertiary/aromatic N) is 3. The molecule has 8 nitrogen and oxygen atoms in total. The lowest BCUT2D eigenvalue weighted by molar-refractivity contribution is -0.199. The number of halogens is 3. The Hall–Kier alpha value is -3.70. The molecular formula is C24H22F3N5O3. The van der Waals surface area contributed by atoms with Crippen molar-refractivity contribution in [3.8, 4) is 0 Å². The summed E-state index contributed by atoms with van der Waals surface area (Å²) in [4.78, 5) is 34.3. The number of benzene rings is 1. The third-order valence-electron chi connectivity index (χ3n) is 5.80. The fraction of sp³-hybridized carbons (Fsp3) is 0.292. The van der Waals surface area contributed by atoms with Crippen LogP contribution in [0.25, 0.3) is 16.6 Å². The molecule has 1 aromatic carbocycles. The molecule has 1 fully saturated rings. The summed E-state index contributed by atoms with van der Waals surface area (Å²) in [6, 6.07) is 14.1. The Morgan fingerprint density at radius 3 is 2.80 bits per heavy atom. The van der Waals surface area contributed by atoms with Crippen molar-refractivity contribution in [2.45, 2.75) is 25.4 Å². The molecule has 2 N–H and O–H groups in total. The van der Waals surface area contributed by atoms with Gasteiger partial charge in [-0.2, -0.15) is 13.2 Å². The quantitative estimate of drug-likeness (QED) is 0.420. The first-order chi connectivity index (χ1) is 16.7. The van der Waals surface area contributed by atoms with Crippen LogP contribution in [0.4, 0.5) is 13.2 Å². The minimum atomic E-state index is -4.31. The Morgan fingerprint density at radius 1 is 1.17 bits per heavy atom. The number of alkyl halides is 3. The second-order valence-corrected chi connectivity index (χ2v) is 8.55. The number of rotatable bonds is 7. The Bertz CT molecular complexity index is 1440. The third kappa shape index (κ3) is 5.36. The highest BCUT2D eigenvalue weighted by molar-refractivity contribution is 5.92. The number of likely N-dealkylation sites (tertiary alicyclic amines) is 1. The van der Waals surface area contributed by atoms with E-state index in [-0.39, 0.29) is 17.8 Å². The molecule has 0 spiro atoms. The van der Waals surface area contributed by atoms with E-state index >= 15 is 0 Å². The van der Waals surface area contributed by atoms with Gasteiger partial charge < -0.3 is 15.0 Å². The van der Waals surface area contributed by atoms with Crippen molar-refractivity contribution in [1.82, 2.24) is 24.6 Å². The first-order valence-corrected chi connectivity index (χ1v) is 11.0. The topological polar surface area (TPSA) is 91.7 Å². The minimum Gasteiger partial charge on any atom is -0.366 e. The van der Waals surface area contributed by atoms with Crippen LogP contribution >= 0.6 is 0 Å². The standard InChI is InChI=1S/C24H22F3N5O3/c25-24(26,27)14-35-18-12-31(13-18)11-17-8-16-5-4-15(7-19(16)29-17)10-28-23(34)20-9-22(33)32-6-2-1-3-21(32)30-20/h1-9,18,29H,10-14H2,(H,28,34). The van der Waals surface area contributed by atoms with E-state index < -0.39 is 24.8 Å². The van der Waals surface area contributed by atoms with E-state index in [0.29, 0.717) is 25.3 Å². The molecule has 5 rings (SSSR count). The van der Waals surface area contributed by atoms with Crippen LogP contribution in [0, 0.1) is 0 Å². The van der Waals surface area contributed by atoms with Crippen molar-refractivity contribution in [2.75, 3.05) is 19.7 Å². The number of hydrogen-bond acceptors (Lipinski definition) is 5. The Morgan fingerprint density at radius 2 is 2.00 bits per heavy atom. The summed E-state index contributed by atoms with van der Waals surface area (Å²) in [5.74, 6) is -0.444. The first kappa shape index (κ1) is 23.1. The molecule has 0 saturated carbocycles. The fourth-order valence-electron chi connectivity index (χ4n) is 4.08. The van der Waals surface area contributed by atoms with E-state index in [0.717, 1.165) is 22.2 Å². The molecular weight excluding hydrogens is 463 g/mol. The summed E-state index contributed by atoms with van der Waals surface area (Å²) >= 11 is 0. The normalized spacial score (nSPS) is 14.9. The summed E-state index contributed by atoms with van der Waals surface area (Å²) in [5.41, 5.74) is 2.81. The highest BCUT2D eigenvalue weighted by atomic mass is 19.4. The highest BCUT2D eigenvalue weighted by Gasteiger charge is 2.34. The molecule has 0 bridgehead atoms. The summed E-state index contributed by atoms with van der Waals surface area (Å²) < 4.78 is 43.0. The van der Waals surface area contributed by atoms with Gasteiger partial charge in [-0.05, 0) is 35.2 Å². The highest BCUT2D eigenvalue weighted by Crippen LogP contribution is 2.23. The minimum absolute atomic E-state index is 0.0523. The lowest BCUT2D eigenvalue weighted by Gasteiger charge is -2.38. The summed E-state index contributed by atoms with van der Waals surface area (Å²) in [7, 11) is 0. The van der Waals surface area contributed by atoms with E-state index in [9.17, 15) is 22.8 Å². The van der Waals surface area contributed by atoms with Crippen LogP contribution in [0.3, 0.4) is 0 Å². The van der Waals surface area contributed by atoms with Gasteiger partial charge in [0, 0.05) is 49.7 Å². The molecule has 1 saturated heterocycles. The number of ether oxygens (including phenoxy) is 1. The van der Waals surface area contributed by atoms with Gasteiger partial charge in [0.2, 0.25) is 0 Å². The average molecular weight is 485 g/mol. The molecule has 1 aliphatic heterocycles. The lowest BCUT2D eigenvalue weighted by atomic mass is 10.1. The number of aromatic nitrogens is 3. The molecule has 4 aromatic rings. The Balaban J connectivity index is 1.18. The van der Waals surface area contributed by atoms with Crippen molar-refractivity contribution >= 4 is 22.5 Å². The number of aromatic amines is 1. The maximum absolute atomic E-state index is 12.6. The van der Waals surface area contributed by atoms with Crippen LogP contribution in [-0.4, -0.2) is 57.2 Å². The third-order valence-corrected chi connectivity index (χ3v) is 5.80. The molecule has 11 heteroatoms. The van der Waals surface area contributed by atoms with Gasteiger partial charge in [0.15, 0.2) is 0 Å². The number of pyridine rings is 1. The van der Waals surface area contributed by atoms with Crippen LogP contribution in [0.1, 0.15) is 21.7 Å². The van der Waals surface area contributed by atoms with Crippen molar-refractivity contribution in [3.05, 3.63) is 82.0 Å². The smallest absolute Gasteiger partial charge is 0.366 e. The zero-order valence-electron chi connectivity index (χ0n) is 18.5. The number of amides is 1. The zero-order valence-corrected chi connectivity index (χ0v) is 18.5. The SMILES string of the molecule is O=C(NCc1ccc2cc(CN3CC(OCC(F)(F)F)C3)[nH]c2c1)c1cc(=O)n2ccccc2n1. The van der Waals surface area contributed by atoms with E-state index in [2.05, 4.69) is 15.3 Å². The predicted octanol–water partition coefficient (Wildman–Crippen LogP) is 2.87. The van der Waals surface area contributed by atoms with Gasteiger partial charge in [-0.1, -0.05) is 18.2 Å². The Labute approximate surface area is 197 Å². The maximum atomic E-state index is 12.6. The number of nitrogens with one attached hydrogen (secondary N) is 2. The van der Waals surface area contributed by atoms with Crippen molar-refractivity contribution in [2.24, 2.45) is 0 Å². The molecule has 0 aliphatic carbocycles. The molecule has 1 amide bonds. The zero-order chi connectivity index (χ0) is 24.6. The number of carbonyl (C=O) groups is 1. The number of carbonyl (C=O) groups excluding carboxylic acids is 1. The van der Waals surface area contributed by atoms with Gasteiger partial charge in [0.05, 0.1) is 6.10 Å². The van der Waals surface area contributed by atoms with Crippen LogP contribution in [-0.2, 0) is 17.8 Å². The first-order valence-electron chi connectivity index (χ1n) is 11.0. The summed E-state index contributed by atoms with van der Waals surface area (Å²) in [6.07, 6.45) is -3.11. The molecule has 0 unspecified atom stereocenters. The van der Waals surface area contributed by atoms with Gasteiger partial charge in [0.1, 0.15) is 17.9 Å². The van der Waals surface area contributed by atoms with Crippen molar-refractivity contribution in [1.29, 1.82) is 0 Å². The number of fused-ring (bicyclic) bond motifs is 2. The lowest BCUT2D eigenvalue weighted by Crippen LogP contribution is -2.52. The van der Waals surface area contributed by atoms with E-state index in [1.54, 1.807) is 24.4 Å². The second kappa shape index (κ2) is 9.16. The molecule has 0 atom stereocenters. The van der Waals surface area contributed by atoms with Gasteiger partial charge >= 0.3 is 6.18 Å². The molecule has 35 heavy (non-hydrogen) atoms. The van der Waals surface area contributed by atoms with E-state index in [1.165, 1.54) is 10.5 Å². The monoisotopic (exact) mass is 485 g/mol. The fourth-order valence-corrected chi connectivity index (χ4v) is 4.08. The van der Waals surface area contributed by atoms with Crippen LogP contribution in [0.5, 0.6) is 0 Å². The van der Waals surface area contributed by atoms with Crippen LogP contribution < -0.4 is 10.9 Å². The van der Waals surface area contributed by atoms with Crippen molar-refractivity contribution in [3.63, 3.8) is 0 Å². The maximum Gasteiger partial charge on any atom is 0.411 e. The summed E-state index contributed by atoms with van der Waals surface area (Å²) in [5, 5.41) is 3.78. The molecule has 0 radical (unpaired) electrons. The van der Waals surface area contributed by atoms with Crippen molar-refractivity contribution < 1.29 is 22.7 Å². The van der Waals surface area contributed by atoms with Crippen LogP contribution in [0.15, 0.2) is 59.5 Å². The molecule has 182 valence electrons. The van der Waals surface area contributed by atoms with Crippen LogP contribution in [0.2, 0.25) is 0 Å². The number of hydrogen-bond donors (Lipinski definition) is 2. The van der Waals surface area contributed by atoms with Gasteiger partial charge in [-0.25, -0.2) is 4.98 Å². The molecule has 3 aromatic heterocycles. The van der Waals surface area contributed by atoms with Gasteiger partial charge in [0.25, 0.3) is 11.5 Å². The predicted molar refractivity (Wildman–Crippen MR) is 122 cm³/mol. The summed E-state index contributed by atoms with van der Waals surface area (Å²) in [6.45, 7) is 0.522. The van der Waals surface area contributed by atoms with E-state index in [4.69, 9.17) is 4.74 Å². The van der Waals surface area contributed by atoms with Gasteiger partial charge in [-0.3, -0.25) is 18.9 Å². The molecule has 1 aliphatic rings. The second-order valence-electron chi connectivity index (χ2n) is 8.55. The Kier molecular flexibility index (Phi) is 6.03. The largest absolute Gasteiger partial charge is 0.411 e.